The second-order valence-corrected chi connectivity index (χ2v) is 7.63. The maximum absolute atomic E-state index is 12.7. The van der Waals surface area contributed by atoms with Crippen LogP contribution in [-0.2, 0) is 10.0 Å². The first kappa shape index (κ1) is 17.9. The van der Waals surface area contributed by atoms with Crippen molar-refractivity contribution in [1.82, 2.24) is 4.72 Å². The van der Waals surface area contributed by atoms with Crippen LogP contribution in [0.15, 0.2) is 89.8 Å². The summed E-state index contributed by atoms with van der Waals surface area (Å²) in [6.07, 6.45) is 0. The Balaban J connectivity index is 1.97. The molecule has 0 aliphatic carbocycles. The molecule has 0 heterocycles. The lowest BCUT2D eigenvalue weighted by atomic mass is 10.1. The fourth-order valence-corrected chi connectivity index (χ4v) is 3.69. The smallest absolute Gasteiger partial charge is 0.207 e. The molecule has 0 saturated heterocycles. The Kier molecular flexibility index (Phi) is 5.52. The van der Waals surface area contributed by atoms with Crippen LogP contribution in [0.1, 0.15) is 22.7 Å². The van der Waals surface area contributed by atoms with Gasteiger partial charge in [0.15, 0.2) is 0 Å². The van der Waals surface area contributed by atoms with E-state index in [1.807, 2.05) is 61.5 Å². The van der Waals surface area contributed by atoms with E-state index < -0.39 is 16.1 Å². The molecule has 0 fully saturated rings. The first-order valence-corrected chi connectivity index (χ1v) is 9.73. The number of sulfonamides is 1. The van der Waals surface area contributed by atoms with Crippen molar-refractivity contribution in [2.45, 2.75) is 17.9 Å². The molecule has 1 unspecified atom stereocenters. The van der Waals surface area contributed by atoms with E-state index in [4.69, 9.17) is 0 Å². The third-order valence-corrected chi connectivity index (χ3v) is 5.28. The molecule has 0 aliphatic heterocycles. The summed E-state index contributed by atoms with van der Waals surface area (Å²) in [6, 6.07) is 24.9. The van der Waals surface area contributed by atoms with Crippen LogP contribution in [0.5, 0.6) is 0 Å². The summed E-state index contributed by atoms with van der Waals surface area (Å²) in [5.41, 5.74) is 2.70. The largest absolute Gasteiger partial charge is 0.241 e. The van der Waals surface area contributed by atoms with Gasteiger partial charge in [0.25, 0.3) is 0 Å². The standard InChI is InChI=1S/C22H19NO2S/c1-18-9-8-12-20(17-18)22(16-15-19-10-4-2-5-11-19)23-26(24,25)21-13-6-3-7-14-21/h2-14,17,22-23H,1H3. The second-order valence-electron chi connectivity index (χ2n) is 5.92. The van der Waals surface area contributed by atoms with E-state index in [0.29, 0.717) is 0 Å². The monoisotopic (exact) mass is 361 g/mol. The fourth-order valence-electron chi connectivity index (χ4n) is 2.53. The summed E-state index contributed by atoms with van der Waals surface area (Å²) < 4.78 is 28.2. The van der Waals surface area contributed by atoms with E-state index >= 15 is 0 Å². The van der Waals surface area contributed by atoms with Crippen molar-refractivity contribution in [3.63, 3.8) is 0 Å². The number of hydrogen-bond acceptors (Lipinski definition) is 2. The molecule has 26 heavy (non-hydrogen) atoms. The Morgan fingerprint density at radius 3 is 2.15 bits per heavy atom. The molecule has 4 heteroatoms. The third-order valence-electron chi connectivity index (χ3n) is 3.84. The molecule has 1 N–H and O–H groups in total. The number of benzene rings is 3. The van der Waals surface area contributed by atoms with Gasteiger partial charge >= 0.3 is 0 Å². The van der Waals surface area contributed by atoms with Crippen molar-refractivity contribution in [2.75, 3.05) is 0 Å². The van der Waals surface area contributed by atoms with Gasteiger partial charge in [-0.1, -0.05) is 78.1 Å². The maximum atomic E-state index is 12.7. The molecule has 3 aromatic carbocycles. The topological polar surface area (TPSA) is 46.2 Å². The Bertz CT molecular complexity index is 1030. The summed E-state index contributed by atoms with van der Waals surface area (Å²) in [5.74, 6) is 6.12. The Hall–Kier alpha value is -2.87. The molecule has 3 aromatic rings. The lowest BCUT2D eigenvalue weighted by Gasteiger charge is -2.15. The normalized spacial score (nSPS) is 12.0. The van der Waals surface area contributed by atoms with Crippen molar-refractivity contribution >= 4 is 10.0 Å². The van der Waals surface area contributed by atoms with Gasteiger partial charge in [0.2, 0.25) is 10.0 Å². The molecule has 0 aromatic heterocycles. The Morgan fingerprint density at radius 2 is 1.50 bits per heavy atom. The number of hydrogen-bond donors (Lipinski definition) is 1. The molecule has 0 bridgehead atoms. The average molecular weight is 361 g/mol. The van der Waals surface area contributed by atoms with E-state index in [0.717, 1.165) is 16.7 Å². The lowest BCUT2D eigenvalue weighted by molar-refractivity contribution is 0.576. The van der Waals surface area contributed by atoms with E-state index in [1.54, 1.807) is 30.3 Å². The number of rotatable bonds is 4. The molecule has 0 amide bonds. The first-order chi connectivity index (χ1) is 12.5. The van der Waals surface area contributed by atoms with Crippen molar-refractivity contribution in [2.24, 2.45) is 0 Å². The second kappa shape index (κ2) is 8.01. The van der Waals surface area contributed by atoms with Crippen molar-refractivity contribution in [1.29, 1.82) is 0 Å². The van der Waals surface area contributed by atoms with Crippen LogP contribution in [0.25, 0.3) is 0 Å². The van der Waals surface area contributed by atoms with Gasteiger partial charge in [0, 0.05) is 5.56 Å². The summed E-state index contributed by atoms with van der Waals surface area (Å²) in [7, 11) is -3.68. The van der Waals surface area contributed by atoms with Crippen molar-refractivity contribution in [3.05, 3.63) is 102 Å². The van der Waals surface area contributed by atoms with Gasteiger partial charge < -0.3 is 0 Å². The van der Waals surface area contributed by atoms with Crippen LogP contribution in [0, 0.1) is 18.8 Å². The van der Waals surface area contributed by atoms with E-state index in [9.17, 15) is 8.42 Å². The van der Waals surface area contributed by atoms with Gasteiger partial charge in [-0.2, -0.15) is 4.72 Å². The molecule has 1 atom stereocenters. The predicted molar refractivity (Wildman–Crippen MR) is 104 cm³/mol. The summed E-state index contributed by atoms with van der Waals surface area (Å²) in [5, 5.41) is 0. The number of nitrogens with one attached hydrogen (secondary N) is 1. The molecule has 0 saturated carbocycles. The molecular weight excluding hydrogens is 342 g/mol. The van der Waals surface area contributed by atoms with Crippen LogP contribution < -0.4 is 4.72 Å². The molecular formula is C22H19NO2S. The highest BCUT2D eigenvalue weighted by Gasteiger charge is 2.20. The highest BCUT2D eigenvalue weighted by Crippen LogP contribution is 2.18. The minimum atomic E-state index is -3.68. The highest BCUT2D eigenvalue weighted by molar-refractivity contribution is 7.89. The van der Waals surface area contributed by atoms with E-state index in [2.05, 4.69) is 16.6 Å². The summed E-state index contributed by atoms with van der Waals surface area (Å²) in [6.45, 7) is 1.97. The van der Waals surface area contributed by atoms with Crippen LogP contribution >= 0.6 is 0 Å². The summed E-state index contributed by atoms with van der Waals surface area (Å²) in [4.78, 5) is 0.221. The first-order valence-electron chi connectivity index (χ1n) is 8.25. The van der Waals surface area contributed by atoms with Crippen LogP contribution in [0.3, 0.4) is 0 Å². The van der Waals surface area contributed by atoms with Crippen LogP contribution in [0.2, 0.25) is 0 Å². The van der Waals surface area contributed by atoms with Crippen LogP contribution in [-0.4, -0.2) is 8.42 Å². The van der Waals surface area contributed by atoms with Gasteiger partial charge in [0.05, 0.1) is 4.90 Å². The Morgan fingerprint density at radius 1 is 0.846 bits per heavy atom. The third kappa shape index (κ3) is 4.60. The van der Waals surface area contributed by atoms with Crippen molar-refractivity contribution < 1.29 is 8.42 Å². The molecule has 3 rings (SSSR count). The minimum Gasteiger partial charge on any atom is -0.207 e. The zero-order valence-corrected chi connectivity index (χ0v) is 15.2. The zero-order chi connectivity index (χ0) is 18.4. The summed E-state index contributed by atoms with van der Waals surface area (Å²) >= 11 is 0. The van der Waals surface area contributed by atoms with E-state index in [-0.39, 0.29) is 4.90 Å². The fraction of sp³-hybridized carbons (Fsp3) is 0.0909. The Labute approximate surface area is 154 Å². The lowest BCUT2D eigenvalue weighted by Crippen LogP contribution is -2.28. The molecule has 130 valence electrons. The molecule has 0 radical (unpaired) electrons. The zero-order valence-electron chi connectivity index (χ0n) is 14.4. The molecule has 3 nitrogen and oxygen atoms in total. The van der Waals surface area contributed by atoms with Gasteiger partial charge in [-0.15, -0.1) is 0 Å². The highest BCUT2D eigenvalue weighted by atomic mass is 32.2. The molecule has 0 aliphatic rings. The molecule has 0 spiro atoms. The average Bonchev–Trinajstić information content (AvgIpc) is 2.66. The van der Waals surface area contributed by atoms with Crippen molar-refractivity contribution in [3.8, 4) is 11.8 Å². The van der Waals surface area contributed by atoms with Gasteiger partial charge in [-0.3, -0.25) is 0 Å². The maximum Gasteiger partial charge on any atom is 0.241 e. The minimum absolute atomic E-state index is 0.221. The quantitative estimate of drug-likeness (QED) is 0.712. The van der Waals surface area contributed by atoms with Gasteiger partial charge in [0.1, 0.15) is 6.04 Å². The predicted octanol–water partition coefficient (Wildman–Crippen LogP) is 4.07. The SMILES string of the molecule is Cc1cccc(C(C#Cc2ccccc2)NS(=O)(=O)c2ccccc2)c1. The van der Waals surface area contributed by atoms with Gasteiger partial charge in [-0.05, 0) is 36.8 Å². The van der Waals surface area contributed by atoms with Crippen LogP contribution in [0.4, 0.5) is 0 Å². The van der Waals surface area contributed by atoms with E-state index in [1.165, 1.54) is 0 Å². The number of aryl methyl sites for hydroxylation is 1. The van der Waals surface area contributed by atoms with Gasteiger partial charge in [-0.25, -0.2) is 8.42 Å².